The molecule has 3 heteroatoms. The van der Waals surface area contributed by atoms with Gasteiger partial charge in [0.05, 0.1) is 0 Å². The molecule has 2 aliphatic rings. The number of rotatable bonds is 2. The van der Waals surface area contributed by atoms with Crippen molar-refractivity contribution in [3.8, 4) is 0 Å². The van der Waals surface area contributed by atoms with Crippen molar-refractivity contribution in [3.05, 3.63) is 23.9 Å². The second kappa shape index (κ2) is 4.88. The van der Waals surface area contributed by atoms with Crippen LogP contribution in [0.1, 0.15) is 50.6 Å². The molecule has 3 atom stereocenters. The first-order valence-electron chi connectivity index (χ1n) is 7.24. The molecule has 1 aromatic rings. The Balaban J connectivity index is 1.90. The Kier molecular flexibility index (Phi) is 3.25. The summed E-state index contributed by atoms with van der Waals surface area (Å²) in [5.74, 6) is 2.03. The number of hydrogen-bond donors (Lipinski definition) is 1. The molecule has 1 saturated heterocycles. The van der Waals surface area contributed by atoms with Crippen molar-refractivity contribution in [2.24, 2.45) is 11.7 Å². The molecule has 1 aliphatic heterocycles. The van der Waals surface area contributed by atoms with Gasteiger partial charge < -0.3 is 10.6 Å². The zero-order valence-corrected chi connectivity index (χ0v) is 11.2. The zero-order valence-electron chi connectivity index (χ0n) is 11.2. The average Bonchev–Trinajstić information content (AvgIpc) is 2.82. The number of hydrogen-bond acceptors (Lipinski definition) is 3. The first-order chi connectivity index (χ1) is 8.77. The maximum Gasteiger partial charge on any atom is 0.133 e. The number of nitrogens with two attached hydrogens (primary N) is 1. The molecule has 1 aliphatic carbocycles. The molecule has 98 valence electrons. The van der Waals surface area contributed by atoms with Crippen molar-refractivity contribution in [2.75, 3.05) is 11.4 Å². The lowest BCUT2D eigenvalue weighted by Crippen LogP contribution is -2.36. The van der Waals surface area contributed by atoms with Gasteiger partial charge in [0.2, 0.25) is 0 Å². The third-order valence-electron chi connectivity index (χ3n) is 4.59. The quantitative estimate of drug-likeness (QED) is 0.871. The summed E-state index contributed by atoms with van der Waals surface area (Å²) in [5.41, 5.74) is 7.28. The molecule has 2 unspecified atom stereocenters. The summed E-state index contributed by atoms with van der Waals surface area (Å²) in [6, 6.07) is 4.90. The molecular weight excluding hydrogens is 222 g/mol. The van der Waals surface area contributed by atoms with Gasteiger partial charge in [0.1, 0.15) is 5.82 Å². The minimum Gasteiger partial charge on any atom is -0.353 e. The summed E-state index contributed by atoms with van der Waals surface area (Å²) < 4.78 is 0. The molecule has 2 heterocycles. The summed E-state index contributed by atoms with van der Waals surface area (Å²) in [7, 11) is 0. The van der Waals surface area contributed by atoms with E-state index in [4.69, 9.17) is 5.73 Å². The highest BCUT2D eigenvalue weighted by atomic mass is 15.2. The van der Waals surface area contributed by atoms with E-state index in [0.717, 1.165) is 18.3 Å². The van der Waals surface area contributed by atoms with Gasteiger partial charge in [-0.1, -0.05) is 18.9 Å². The third kappa shape index (κ3) is 2.01. The highest BCUT2D eigenvalue weighted by Gasteiger charge is 2.37. The van der Waals surface area contributed by atoms with Crippen molar-refractivity contribution < 1.29 is 0 Å². The van der Waals surface area contributed by atoms with Gasteiger partial charge >= 0.3 is 0 Å². The summed E-state index contributed by atoms with van der Waals surface area (Å²) in [4.78, 5) is 7.15. The van der Waals surface area contributed by atoms with E-state index in [9.17, 15) is 0 Å². The van der Waals surface area contributed by atoms with Gasteiger partial charge in [-0.25, -0.2) is 4.98 Å². The first-order valence-corrected chi connectivity index (χ1v) is 7.24. The summed E-state index contributed by atoms with van der Waals surface area (Å²) in [5, 5.41) is 0. The molecule has 2 fully saturated rings. The van der Waals surface area contributed by atoms with E-state index in [1.807, 2.05) is 12.3 Å². The van der Waals surface area contributed by atoms with E-state index in [0.29, 0.717) is 6.04 Å². The summed E-state index contributed by atoms with van der Waals surface area (Å²) in [6.45, 7) is 3.21. The van der Waals surface area contributed by atoms with Crippen molar-refractivity contribution >= 4 is 5.82 Å². The molecule has 0 bridgehead atoms. The van der Waals surface area contributed by atoms with Crippen LogP contribution in [0.2, 0.25) is 0 Å². The lowest BCUT2D eigenvalue weighted by atomic mass is 9.85. The van der Waals surface area contributed by atoms with E-state index in [-0.39, 0.29) is 6.04 Å². The monoisotopic (exact) mass is 245 g/mol. The molecule has 2 N–H and O–H groups in total. The standard InChI is InChI=1S/C15H23N3/c1-11(16)13-6-4-9-17-15(13)18-10-8-12-5-2-3-7-14(12)18/h4,6,9,11-12,14H,2-3,5,7-8,10,16H2,1H3/t11-,12?,14?/m0/s1. The van der Waals surface area contributed by atoms with Gasteiger partial charge in [0, 0.05) is 30.4 Å². The fraction of sp³-hybridized carbons (Fsp3) is 0.667. The van der Waals surface area contributed by atoms with Crippen LogP contribution < -0.4 is 10.6 Å². The van der Waals surface area contributed by atoms with E-state index in [2.05, 4.69) is 22.9 Å². The fourth-order valence-corrected chi connectivity index (χ4v) is 3.67. The Morgan fingerprint density at radius 2 is 2.17 bits per heavy atom. The lowest BCUT2D eigenvalue weighted by Gasteiger charge is -2.33. The van der Waals surface area contributed by atoms with E-state index < -0.39 is 0 Å². The molecule has 1 aromatic heterocycles. The largest absolute Gasteiger partial charge is 0.353 e. The molecule has 0 amide bonds. The molecule has 0 radical (unpaired) electrons. The number of anilines is 1. The number of pyridine rings is 1. The normalized spacial score (nSPS) is 29.1. The van der Waals surface area contributed by atoms with Crippen LogP contribution in [0, 0.1) is 5.92 Å². The minimum absolute atomic E-state index is 0.0661. The second-order valence-corrected chi connectivity index (χ2v) is 5.80. The zero-order chi connectivity index (χ0) is 12.5. The Bertz CT molecular complexity index is 416. The Morgan fingerprint density at radius 3 is 3.00 bits per heavy atom. The van der Waals surface area contributed by atoms with Crippen LogP contribution in [0.15, 0.2) is 18.3 Å². The van der Waals surface area contributed by atoms with Crippen LogP contribution in [-0.4, -0.2) is 17.6 Å². The molecule has 0 spiro atoms. The van der Waals surface area contributed by atoms with Gasteiger partial charge in [-0.05, 0) is 38.2 Å². The Morgan fingerprint density at radius 1 is 1.33 bits per heavy atom. The van der Waals surface area contributed by atoms with Crippen LogP contribution in [-0.2, 0) is 0 Å². The predicted molar refractivity (Wildman–Crippen MR) is 74.5 cm³/mol. The molecular formula is C15H23N3. The van der Waals surface area contributed by atoms with Gasteiger partial charge in [0.25, 0.3) is 0 Å². The molecule has 1 saturated carbocycles. The first kappa shape index (κ1) is 12.0. The van der Waals surface area contributed by atoms with Crippen LogP contribution in [0.25, 0.3) is 0 Å². The highest BCUT2D eigenvalue weighted by molar-refractivity contribution is 5.50. The Labute approximate surface area is 109 Å². The fourth-order valence-electron chi connectivity index (χ4n) is 3.67. The van der Waals surface area contributed by atoms with Crippen LogP contribution in [0.3, 0.4) is 0 Å². The molecule has 0 aromatic carbocycles. The molecule has 18 heavy (non-hydrogen) atoms. The number of aromatic nitrogens is 1. The smallest absolute Gasteiger partial charge is 0.133 e. The van der Waals surface area contributed by atoms with Gasteiger partial charge in [-0.2, -0.15) is 0 Å². The lowest BCUT2D eigenvalue weighted by molar-refractivity contribution is 0.341. The van der Waals surface area contributed by atoms with Crippen molar-refractivity contribution in [1.29, 1.82) is 0 Å². The summed E-state index contributed by atoms with van der Waals surface area (Å²) in [6.07, 6.45) is 8.76. The third-order valence-corrected chi connectivity index (χ3v) is 4.59. The maximum atomic E-state index is 6.08. The van der Waals surface area contributed by atoms with E-state index in [1.54, 1.807) is 0 Å². The van der Waals surface area contributed by atoms with Gasteiger partial charge in [-0.3, -0.25) is 0 Å². The van der Waals surface area contributed by atoms with Crippen LogP contribution in [0.5, 0.6) is 0 Å². The van der Waals surface area contributed by atoms with Gasteiger partial charge in [-0.15, -0.1) is 0 Å². The van der Waals surface area contributed by atoms with Crippen molar-refractivity contribution in [1.82, 2.24) is 4.98 Å². The molecule has 3 nitrogen and oxygen atoms in total. The number of nitrogens with zero attached hydrogens (tertiary/aromatic N) is 2. The van der Waals surface area contributed by atoms with E-state index >= 15 is 0 Å². The second-order valence-electron chi connectivity index (χ2n) is 5.80. The SMILES string of the molecule is C[C@H](N)c1cccnc1N1CCC2CCCCC21. The van der Waals surface area contributed by atoms with Crippen LogP contribution in [0.4, 0.5) is 5.82 Å². The van der Waals surface area contributed by atoms with Crippen molar-refractivity contribution in [2.45, 2.75) is 51.1 Å². The Hall–Kier alpha value is -1.09. The highest BCUT2D eigenvalue weighted by Crippen LogP contribution is 2.39. The maximum absolute atomic E-state index is 6.08. The van der Waals surface area contributed by atoms with Crippen molar-refractivity contribution in [3.63, 3.8) is 0 Å². The topological polar surface area (TPSA) is 42.1 Å². The molecule has 3 rings (SSSR count). The van der Waals surface area contributed by atoms with E-state index in [1.165, 1.54) is 37.7 Å². The predicted octanol–water partition coefficient (Wildman–Crippen LogP) is 2.87. The minimum atomic E-state index is 0.0661. The van der Waals surface area contributed by atoms with Crippen LogP contribution >= 0.6 is 0 Å². The average molecular weight is 245 g/mol. The van der Waals surface area contributed by atoms with Gasteiger partial charge in [0.15, 0.2) is 0 Å². The number of fused-ring (bicyclic) bond motifs is 1. The summed E-state index contributed by atoms with van der Waals surface area (Å²) >= 11 is 0.